The van der Waals surface area contributed by atoms with Gasteiger partial charge in [0.1, 0.15) is 6.54 Å². The second kappa shape index (κ2) is 8.31. The molecule has 0 atom stereocenters. The fourth-order valence-corrected chi connectivity index (χ4v) is 3.01. The summed E-state index contributed by atoms with van der Waals surface area (Å²) < 4.78 is 37.4. The minimum Gasteiger partial charge on any atom is -0.475 e. The Morgan fingerprint density at radius 1 is 1.30 bits per heavy atom. The maximum Gasteiger partial charge on any atom is 0.325 e. The molecule has 1 saturated carbocycles. The Labute approximate surface area is 174 Å². The van der Waals surface area contributed by atoms with Crippen LogP contribution in [0.2, 0.25) is 0 Å². The minimum absolute atomic E-state index is 0.0175. The van der Waals surface area contributed by atoms with Gasteiger partial charge in [0.15, 0.2) is 11.5 Å². The van der Waals surface area contributed by atoms with Crippen molar-refractivity contribution in [2.45, 2.75) is 52.0 Å². The van der Waals surface area contributed by atoms with Crippen LogP contribution in [-0.2, 0) is 9.53 Å². The molecule has 30 heavy (non-hydrogen) atoms. The number of alkyl halides is 2. The summed E-state index contributed by atoms with van der Waals surface area (Å²) in [6, 6.07) is 0. The molecule has 0 N–H and O–H groups in total. The Morgan fingerprint density at radius 3 is 2.50 bits per heavy atom. The van der Waals surface area contributed by atoms with Gasteiger partial charge in [-0.15, -0.1) is 0 Å². The van der Waals surface area contributed by atoms with Gasteiger partial charge in [-0.2, -0.15) is 0 Å². The van der Waals surface area contributed by atoms with Crippen LogP contribution >= 0.6 is 0 Å². The van der Waals surface area contributed by atoms with Crippen molar-refractivity contribution in [3.63, 3.8) is 0 Å². The molecule has 8 nitrogen and oxygen atoms in total. The Kier molecular flexibility index (Phi) is 6.14. The Balaban J connectivity index is 1.84. The molecule has 3 rings (SSSR count). The molecule has 0 spiro atoms. The van der Waals surface area contributed by atoms with E-state index in [0.29, 0.717) is 12.5 Å². The molecular weight excluding hydrogens is 398 g/mol. The van der Waals surface area contributed by atoms with E-state index in [1.807, 2.05) is 0 Å². The summed E-state index contributed by atoms with van der Waals surface area (Å²) in [6.45, 7) is 6.49. The molecule has 1 aromatic heterocycles. The van der Waals surface area contributed by atoms with E-state index in [-0.39, 0.29) is 30.5 Å². The third-order valence-corrected chi connectivity index (χ3v) is 4.89. The average Bonchev–Trinajstić information content (AvgIpc) is 3.45. The molecule has 1 aliphatic carbocycles. The molecule has 0 aromatic carbocycles. The van der Waals surface area contributed by atoms with Crippen molar-refractivity contribution in [2.24, 2.45) is 5.92 Å². The summed E-state index contributed by atoms with van der Waals surface area (Å²) in [5, 5.41) is 0. The average molecular weight is 426 g/mol. The number of carbonyl (C=O) groups excluding carboxylic acids is 2. The zero-order chi connectivity index (χ0) is 22.1. The number of amides is 1. The number of hydrogen-bond acceptors (Lipinski definition) is 7. The number of anilines is 1. The van der Waals surface area contributed by atoms with E-state index < -0.39 is 36.4 Å². The van der Waals surface area contributed by atoms with Gasteiger partial charge in [-0.05, 0) is 46.5 Å². The quantitative estimate of drug-likeness (QED) is 0.591. The maximum atomic E-state index is 13.3. The SMILES string of the molecule is CCOC(=O)CN(C(=O)c1cnc(N2CC(F)(F)C2)c(OCC2CC2)n1)C(C)(C)C. The lowest BCUT2D eigenvalue weighted by Crippen LogP contribution is -2.56. The first-order chi connectivity index (χ1) is 14.0. The number of esters is 1. The molecule has 1 aliphatic heterocycles. The fourth-order valence-electron chi connectivity index (χ4n) is 3.01. The normalized spacial score (nSPS) is 17.9. The standard InChI is InChI=1S/C20H28F2N4O4/c1-5-29-15(27)9-26(19(2,3)4)18(28)14-8-23-16(25-11-20(21,22)12-25)17(24-14)30-10-13-6-7-13/h8,13H,5-7,9-12H2,1-4H3. The summed E-state index contributed by atoms with van der Waals surface area (Å²) in [5.74, 6) is -3.14. The Bertz CT molecular complexity index is 800. The zero-order valence-corrected chi connectivity index (χ0v) is 17.8. The second-order valence-electron chi connectivity index (χ2n) is 8.72. The molecule has 2 aliphatic rings. The van der Waals surface area contributed by atoms with Gasteiger partial charge in [-0.3, -0.25) is 9.59 Å². The molecule has 0 bridgehead atoms. The highest BCUT2D eigenvalue weighted by molar-refractivity contribution is 5.95. The maximum absolute atomic E-state index is 13.3. The number of carbonyl (C=O) groups is 2. The van der Waals surface area contributed by atoms with Gasteiger partial charge in [0.25, 0.3) is 17.7 Å². The van der Waals surface area contributed by atoms with E-state index in [4.69, 9.17) is 9.47 Å². The Hall–Kier alpha value is -2.52. The Morgan fingerprint density at radius 2 is 1.97 bits per heavy atom. The van der Waals surface area contributed by atoms with Crippen LogP contribution in [0, 0.1) is 5.92 Å². The van der Waals surface area contributed by atoms with Crippen LogP contribution in [0.1, 0.15) is 51.0 Å². The number of rotatable bonds is 8. The van der Waals surface area contributed by atoms with E-state index >= 15 is 0 Å². The lowest BCUT2D eigenvalue weighted by Gasteiger charge is -2.39. The van der Waals surface area contributed by atoms with Gasteiger partial charge in [-0.1, -0.05) is 0 Å². The van der Waals surface area contributed by atoms with Crippen LogP contribution in [-0.4, -0.2) is 71.1 Å². The monoisotopic (exact) mass is 426 g/mol. The predicted octanol–water partition coefficient (Wildman–Crippen LogP) is 2.52. The lowest BCUT2D eigenvalue weighted by atomic mass is 10.1. The second-order valence-corrected chi connectivity index (χ2v) is 8.72. The van der Waals surface area contributed by atoms with Crippen molar-refractivity contribution in [2.75, 3.05) is 37.7 Å². The highest BCUT2D eigenvalue weighted by Crippen LogP contribution is 2.36. The number of aromatic nitrogens is 2. The van der Waals surface area contributed by atoms with Gasteiger partial charge in [0.2, 0.25) is 0 Å². The van der Waals surface area contributed by atoms with Crippen molar-refractivity contribution in [1.82, 2.24) is 14.9 Å². The first-order valence-electron chi connectivity index (χ1n) is 10.1. The topological polar surface area (TPSA) is 84.9 Å². The lowest BCUT2D eigenvalue weighted by molar-refractivity contribution is -0.144. The largest absolute Gasteiger partial charge is 0.475 e. The van der Waals surface area contributed by atoms with Crippen LogP contribution in [0.5, 0.6) is 5.88 Å². The molecule has 2 heterocycles. The third kappa shape index (κ3) is 5.34. The van der Waals surface area contributed by atoms with Crippen LogP contribution in [0.3, 0.4) is 0 Å². The van der Waals surface area contributed by atoms with Crippen molar-refractivity contribution >= 4 is 17.7 Å². The van der Waals surface area contributed by atoms with Gasteiger partial charge < -0.3 is 19.3 Å². The van der Waals surface area contributed by atoms with Crippen molar-refractivity contribution in [3.8, 4) is 5.88 Å². The number of hydrogen-bond donors (Lipinski definition) is 0. The van der Waals surface area contributed by atoms with Crippen LogP contribution in [0.4, 0.5) is 14.6 Å². The van der Waals surface area contributed by atoms with E-state index in [2.05, 4.69) is 9.97 Å². The number of nitrogens with zero attached hydrogens (tertiary/aromatic N) is 4. The number of ether oxygens (including phenoxy) is 2. The fraction of sp³-hybridized carbons (Fsp3) is 0.700. The first-order valence-corrected chi connectivity index (χ1v) is 10.1. The highest BCUT2D eigenvalue weighted by Gasteiger charge is 2.46. The third-order valence-electron chi connectivity index (χ3n) is 4.89. The zero-order valence-electron chi connectivity index (χ0n) is 17.8. The van der Waals surface area contributed by atoms with Crippen LogP contribution < -0.4 is 9.64 Å². The highest BCUT2D eigenvalue weighted by atomic mass is 19.3. The smallest absolute Gasteiger partial charge is 0.325 e. The van der Waals surface area contributed by atoms with E-state index in [9.17, 15) is 18.4 Å². The van der Waals surface area contributed by atoms with E-state index in [1.54, 1.807) is 27.7 Å². The first kappa shape index (κ1) is 22.2. The number of halogens is 2. The van der Waals surface area contributed by atoms with Gasteiger partial charge in [0, 0.05) is 5.54 Å². The molecule has 166 valence electrons. The van der Waals surface area contributed by atoms with Crippen LogP contribution in [0.25, 0.3) is 0 Å². The van der Waals surface area contributed by atoms with Crippen LogP contribution in [0.15, 0.2) is 6.20 Å². The molecule has 2 fully saturated rings. The van der Waals surface area contributed by atoms with Crippen molar-refractivity contribution < 1.29 is 27.8 Å². The summed E-state index contributed by atoms with van der Waals surface area (Å²) in [5.41, 5.74) is -0.699. The van der Waals surface area contributed by atoms with Crippen molar-refractivity contribution in [3.05, 3.63) is 11.9 Å². The molecule has 10 heteroatoms. The summed E-state index contributed by atoms with van der Waals surface area (Å²) >= 11 is 0. The summed E-state index contributed by atoms with van der Waals surface area (Å²) in [4.78, 5) is 36.3. The predicted molar refractivity (Wildman–Crippen MR) is 105 cm³/mol. The minimum atomic E-state index is -2.77. The molecule has 0 radical (unpaired) electrons. The van der Waals surface area contributed by atoms with Gasteiger partial charge >= 0.3 is 5.97 Å². The molecule has 1 amide bonds. The molecule has 1 saturated heterocycles. The van der Waals surface area contributed by atoms with Crippen molar-refractivity contribution in [1.29, 1.82) is 0 Å². The summed E-state index contributed by atoms with van der Waals surface area (Å²) in [7, 11) is 0. The molecular formula is C20H28F2N4O4. The van der Waals surface area contributed by atoms with Gasteiger partial charge in [0.05, 0.1) is 32.5 Å². The van der Waals surface area contributed by atoms with E-state index in [1.165, 1.54) is 16.0 Å². The summed E-state index contributed by atoms with van der Waals surface area (Å²) in [6.07, 6.45) is 3.32. The van der Waals surface area contributed by atoms with E-state index in [0.717, 1.165) is 12.8 Å². The molecule has 1 aromatic rings. The molecule has 0 unspecified atom stereocenters. The van der Waals surface area contributed by atoms with Gasteiger partial charge in [-0.25, -0.2) is 18.7 Å².